The molecule has 1 aliphatic rings. The van der Waals surface area contributed by atoms with Gasteiger partial charge in [-0.05, 0) is 74.8 Å². The van der Waals surface area contributed by atoms with Crippen molar-refractivity contribution in [1.29, 1.82) is 0 Å². The van der Waals surface area contributed by atoms with Crippen LogP contribution < -0.4 is 10.1 Å². The number of carbonyl (C=O) groups excluding carboxylic acids is 2. The van der Waals surface area contributed by atoms with E-state index in [1.165, 1.54) is 16.2 Å². The number of halogens is 1. The first-order chi connectivity index (χ1) is 14.4. The summed E-state index contributed by atoms with van der Waals surface area (Å²) in [5, 5.41) is 4.23. The lowest BCUT2D eigenvalue weighted by Crippen LogP contribution is -2.17. The summed E-state index contributed by atoms with van der Waals surface area (Å²) in [6.07, 6.45) is 3.73. The Bertz CT molecular complexity index is 924. The highest BCUT2D eigenvalue weighted by atomic mass is 35.5. The predicted molar refractivity (Wildman–Crippen MR) is 121 cm³/mol. The van der Waals surface area contributed by atoms with Crippen molar-refractivity contribution in [2.75, 3.05) is 18.5 Å². The minimum absolute atomic E-state index is 0.122. The summed E-state index contributed by atoms with van der Waals surface area (Å²) in [6, 6.07) is 5.47. The van der Waals surface area contributed by atoms with Crippen LogP contribution >= 0.6 is 22.9 Å². The third-order valence-electron chi connectivity index (χ3n) is 5.19. The monoisotopic (exact) mass is 449 g/mol. The molecule has 1 aliphatic carbocycles. The van der Waals surface area contributed by atoms with Crippen molar-refractivity contribution in [2.24, 2.45) is 5.92 Å². The van der Waals surface area contributed by atoms with E-state index in [0.717, 1.165) is 36.1 Å². The van der Waals surface area contributed by atoms with Gasteiger partial charge in [0, 0.05) is 16.3 Å². The molecule has 1 unspecified atom stereocenters. The van der Waals surface area contributed by atoms with Crippen molar-refractivity contribution in [3.05, 3.63) is 44.8 Å². The van der Waals surface area contributed by atoms with Gasteiger partial charge < -0.3 is 14.8 Å². The zero-order valence-corrected chi connectivity index (χ0v) is 19.3. The second-order valence-electron chi connectivity index (χ2n) is 7.69. The van der Waals surface area contributed by atoms with Crippen molar-refractivity contribution >= 4 is 39.8 Å². The van der Waals surface area contributed by atoms with E-state index >= 15 is 0 Å². The fourth-order valence-corrected chi connectivity index (χ4v) is 5.28. The van der Waals surface area contributed by atoms with E-state index < -0.39 is 0 Å². The molecular formula is C23H28ClNO4S. The lowest BCUT2D eigenvalue weighted by molar-refractivity contribution is -0.116. The van der Waals surface area contributed by atoms with Gasteiger partial charge in [0.2, 0.25) is 5.91 Å². The quantitative estimate of drug-likeness (QED) is 0.408. The largest absolute Gasteiger partial charge is 0.493 e. The average Bonchev–Trinajstić information content (AvgIpc) is 3.03. The molecule has 1 atom stereocenters. The topological polar surface area (TPSA) is 64.6 Å². The molecule has 162 valence electrons. The number of anilines is 1. The van der Waals surface area contributed by atoms with Gasteiger partial charge in [-0.3, -0.25) is 4.79 Å². The van der Waals surface area contributed by atoms with Gasteiger partial charge in [-0.2, -0.15) is 0 Å². The molecule has 0 radical (unpaired) electrons. The third-order valence-corrected chi connectivity index (χ3v) is 6.59. The maximum atomic E-state index is 12.5. The minimum atomic E-state index is -0.346. The summed E-state index contributed by atoms with van der Waals surface area (Å²) < 4.78 is 11.0. The molecule has 0 fully saturated rings. The molecule has 2 aromatic rings. The number of thiophene rings is 1. The molecule has 0 saturated heterocycles. The maximum Gasteiger partial charge on any atom is 0.341 e. The molecule has 30 heavy (non-hydrogen) atoms. The van der Waals surface area contributed by atoms with Gasteiger partial charge in [-0.1, -0.05) is 18.5 Å². The Kier molecular flexibility index (Phi) is 7.78. The van der Waals surface area contributed by atoms with Gasteiger partial charge in [0.25, 0.3) is 0 Å². The normalized spacial score (nSPS) is 15.4. The van der Waals surface area contributed by atoms with E-state index in [2.05, 4.69) is 12.2 Å². The number of benzene rings is 1. The molecular weight excluding hydrogens is 422 g/mol. The van der Waals surface area contributed by atoms with E-state index in [4.69, 9.17) is 21.1 Å². The van der Waals surface area contributed by atoms with Gasteiger partial charge in [0.05, 0.1) is 18.8 Å². The minimum Gasteiger partial charge on any atom is -0.493 e. The third kappa shape index (κ3) is 5.55. The summed E-state index contributed by atoms with van der Waals surface area (Å²) in [6.45, 7) is 6.69. The number of esters is 1. The van der Waals surface area contributed by atoms with Crippen LogP contribution in [0.15, 0.2) is 18.2 Å². The van der Waals surface area contributed by atoms with Crippen LogP contribution in [0.25, 0.3) is 0 Å². The van der Waals surface area contributed by atoms with Crippen LogP contribution in [-0.2, 0) is 22.4 Å². The zero-order valence-electron chi connectivity index (χ0n) is 17.7. The molecule has 0 aliphatic heterocycles. The van der Waals surface area contributed by atoms with Crippen molar-refractivity contribution in [2.45, 2.75) is 52.9 Å². The van der Waals surface area contributed by atoms with Gasteiger partial charge in [-0.15, -0.1) is 11.3 Å². The second kappa shape index (κ2) is 10.3. The molecule has 1 aromatic heterocycles. The number of hydrogen-bond donors (Lipinski definition) is 1. The molecule has 5 nitrogen and oxygen atoms in total. The summed E-state index contributed by atoms with van der Waals surface area (Å²) in [7, 11) is 0. The lowest BCUT2D eigenvalue weighted by Gasteiger charge is -2.18. The Labute approximate surface area is 186 Å². The highest BCUT2D eigenvalue weighted by Gasteiger charge is 2.29. The number of nitrogens with one attached hydrogen (secondary N) is 1. The first-order valence-electron chi connectivity index (χ1n) is 10.4. The summed E-state index contributed by atoms with van der Waals surface area (Å²) >= 11 is 7.47. The number of carbonyl (C=O) groups is 2. The van der Waals surface area contributed by atoms with Crippen LogP contribution in [0.1, 0.15) is 59.5 Å². The average molecular weight is 450 g/mol. The SMILES string of the molecule is CCOC(=O)c1c(NC(=O)CCCOc2ccc(Cl)cc2C)sc2c1CCC(C)C2. The van der Waals surface area contributed by atoms with Crippen LogP contribution in [0.3, 0.4) is 0 Å². The molecule has 1 aromatic carbocycles. The first kappa shape index (κ1) is 22.6. The van der Waals surface area contributed by atoms with Crippen LogP contribution in [-0.4, -0.2) is 25.1 Å². The summed E-state index contributed by atoms with van der Waals surface area (Å²) in [5.41, 5.74) is 2.56. The highest BCUT2D eigenvalue weighted by Crippen LogP contribution is 2.40. The van der Waals surface area contributed by atoms with E-state index in [-0.39, 0.29) is 11.9 Å². The smallest absolute Gasteiger partial charge is 0.341 e. The van der Waals surface area contributed by atoms with Crippen LogP contribution in [0.5, 0.6) is 5.75 Å². The number of fused-ring (bicyclic) bond motifs is 1. The van der Waals surface area contributed by atoms with Gasteiger partial charge in [0.15, 0.2) is 0 Å². The molecule has 0 bridgehead atoms. The Morgan fingerprint density at radius 1 is 1.33 bits per heavy atom. The molecule has 7 heteroatoms. The molecule has 1 heterocycles. The van der Waals surface area contributed by atoms with Crippen molar-refractivity contribution < 1.29 is 19.1 Å². The highest BCUT2D eigenvalue weighted by molar-refractivity contribution is 7.17. The lowest BCUT2D eigenvalue weighted by atomic mass is 9.88. The Hall–Kier alpha value is -2.05. The van der Waals surface area contributed by atoms with Gasteiger partial charge >= 0.3 is 5.97 Å². The Morgan fingerprint density at radius 2 is 2.13 bits per heavy atom. The fourth-order valence-electron chi connectivity index (χ4n) is 3.64. The number of amides is 1. The van der Waals surface area contributed by atoms with E-state index in [0.29, 0.717) is 47.6 Å². The molecule has 0 saturated carbocycles. The van der Waals surface area contributed by atoms with E-state index in [1.807, 2.05) is 19.1 Å². The molecule has 0 spiro atoms. The number of ether oxygens (including phenoxy) is 2. The van der Waals surface area contributed by atoms with E-state index in [1.54, 1.807) is 13.0 Å². The Morgan fingerprint density at radius 3 is 2.87 bits per heavy atom. The molecule has 3 rings (SSSR count). The van der Waals surface area contributed by atoms with Crippen molar-refractivity contribution in [3.63, 3.8) is 0 Å². The van der Waals surface area contributed by atoms with Gasteiger partial charge in [-0.25, -0.2) is 4.79 Å². The predicted octanol–water partition coefficient (Wildman–Crippen LogP) is 5.81. The number of rotatable bonds is 8. The zero-order chi connectivity index (χ0) is 21.7. The van der Waals surface area contributed by atoms with Crippen LogP contribution in [0.2, 0.25) is 5.02 Å². The van der Waals surface area contributed by atoms with Crippen LogP contribution in [0.4, 0.5) is 5.00 Å². The Balaban J connectivity index is 1.59. The fraction of sp³-hybridized carbons (Fsp3) is 0.478. The number of aryl methyl sites for hydroxylation is 1. The number of hydrogen-bond acceptors (Lipinski definition) is 5. The molecule has 1 N–H and O–H groups in total. The van der Waals surface area contributed by atoms with Crippen LogP contribution in [0, 0.1) is 12.8 Å². The van der Waals surface area contributed by atoms with Gasteiger partial charge in [0.1, 0.15) is 10.8 Å². The first-order valence-corrected chi connectivity index (χ1v) is 11.6. The second-order valence-corrected chi connectivity index (χ2v) is 9.23. The van der Waals surface area contributed by atoms with Crippen molar-refractivity contribution in [3.8, 4) is 5.75 Å². The summed E-state index contributed by atoms with van der Waals surface area (Å²) in [4.78, 5) is 26.2. The maximum absolute atomic E-state index is 12.5. The molecule has 1 amide bonds. The standard InChI is InChI=1S/C23H28ClNO4S/c1-4-28-23(27)21-17-9-7-14(2)12-19(17)30-22(21)25-20(26)6-5-11-29-18-10-8-16(24)13-15(18)3/h8,10,13-14H,4-7,9,11-12H2,1-3H3,(H,25,26). The van der Waals surface area contributed by atoms with E-state index in [9.17, 15) is 9.59 Å². The van der Waals surface area contributed by atoms with Crippen molar-refractivity contribution in [1.82, 2.24) is 0 Å². The summed E-state index contributed by atoms with van der Waals surface area (Å²) in [5.74, 6) is 0.887.